The predicted octanol–water partition coefficient (Wildman–Crippen LogP) is 3.47. The summed E-state index contributed by atoms with van der Waals surface area (Å²) in [4.78, 5) is 0. The van der Waals surface area contributed by atoms with E-state index < -0.39 is 7.92 Å². The number of rotatable bonds is 6. The van der Waals surface area contributed by atoms with Gasteiger partial charge in [-0.05, 0) is 60.2 Å². The quantitative estimate of drug-likeness (QED) is 0.349. The molecule has 0 fully saturated rings. The van der Waals surface area contributed by atoms with Crippen LogP contribution >= 0.6 is 7.92 Å². The van der Waals surface area contributed by atoms with Crippen molar-refractivity contribution in [3.8, 4) is 17.2 Å². The van der Waals surface area contributed by atoms with E-state index >= 15 is 0 Å². The molecule has 138 valence electrons. The van der Waals surface area contributed by atoms with Crippen LogP contribution in [0.15, 0.2) is 72.8 Å². The predicted molar refractivity (Wildman–Crippen MR) is 105 cm³/mol. The minimum atomic E-state index is -0.665. The van der Waals surface area contributed by atoms with Crippen molar-refractivity contribution in [1.82, 2.24) is 0 Å². The molecular formula is C21H21AuO3P+. The summed E-state index contributed by atoms with van der Waals surface area (Å²) in [7, 11) is 4.39. The Morgan fingerprint density at radius 2 is 0.692 bits per heavy atom. The summed E-state index contributed by atoms with van der Waals surface area (Å²) in [5, 5.41) is 3.81. The fraction of sp³-hybridized carbons (Fsp3) is 0.143. The molecule has 0 aliphatic rings. The van der Waals surface area contributed by atoms with E-state index in [0.29, 0.717) is 0 Å². The molecule has 0 saturated heterocycles. The van der Waals surface area contributed by atoms with Gasteiger partial charge in [-0.15, -0.1) is 0 Å². The van der Waals surface area contributed by atoms with Gasteiger partial charge in [-0.1, -0.05) is 36.4 Å². The van der Waals surface area contributed by atoms with E-state index in [1.807, 2.05) is 36.4 Å². The van der Waals surface area contributed by atoms with E-state index in [-0.39, 0.29) is 22.4 Å². The van der Waals surface area contributed by atoms with Crippen LogP contribution in [-0.4, -0.2) is 21.3 Å². The fourth-order valence-corrected chi connectivity index (χ4v) is 4.88. The van der Waals surface area contributed by atoms with Crippen molar-refractivity contribution in [2.45, 2.75) is 0 Å². The molecule has 3 aromatic rings. The molecule has 0 aromatic heterocycles. The minimum absolute atomic E-state index is 0. The first-order valence-corrected chi connectivity index (χ1v) is 9.31. The van der Waals surface area contributed by atoms with Crippen molar-refractivity contribution in [3.05, 3.63) is 72.8 Å². The van der Waals surface area contributed by atoms with Gasteiger partial charge >= 0.3 is 22.4 Å². The maximum absolute atomic E-state index is 5.30. The van der Waals surface area contributed by atoms with E-state index in [9.17, 15) is 0 Å². The molecule has 0 aliphatic heterocycles. The average molecular weight is 549 g/mol. The van der Waals surface area contributed by atoms with Crippen molar-refractivity contribution in [2.75, 3.05) is 21.3 Å². The number of benzene rings is 3. The van der Waals surface area contributed by atoms with Gasteiger partial charge in [0.1, 0.15) is 17.2 Å². The monoisotopic (exact) mass is 549 g/mol. The molecule has 0 saturated carbocycles. The zero-order valence-corrected chi connectivity index (χ0v) is 18.0. The van der Waals surface area contributed by atoms with Crippen molar-refractivity contribution in [3.63, 3.8) is 0 Å². The number of hydrogen-bond acceptors (Lipinski definition) is 3. The van der Waals surface area contributed by atoms with Crippen LogP contribution in [0.2, 0.25) is 0 Å². The van der Waals surface area contributed by atoms with Crippen molar-refractivity contribution in [1.29, 1.82) is 0 Å². The van der Waals surface area contributed by atoms with E-state index in [1.54, 1.807) is 21.3 Å². The van der Waals surface area contributed by atoms with Gasteiger partial charge in [0, 0.05) is 0 Å². The molecule has 0 amide bonds. The molecule has 3 aromatic carbocycles. The van der Waals surface area contributed by atoms with E-state index in [0.717, 1.165) is 17.2 Å². The molecule has 0 unspecified atom stereocenters. The van der Waals surface area contributed by atoms with E-state index in [2.05, 4.69) is 36.4 Å². The molecule has 3 rings (SSSR count). The Morgan fingerprint density at radius 1 is 0.462 bits per heavy atom. The second kappa shape index (κ2) is 9.80. The Morgan fingerprint density at radius 3 is 0.885 bits per heavy atom. The van der Waals surface area contributed by atoms with Crippen molar-refractivity contribution < 1.29 is 36.6 Å². The second-order valence-electron chi connectivity index (χ2n) is 5.43. The van der Waals surface area contributed by atoms with Gasteiger partial charge in [0.25, 0.3) is 0 Å². The zero-order valence-electron chi connectivity index (χ0n) is 14.9. The Labute approximate surface area is 171 Å². The molecule has 0 heterocycles. The summed E-state index contributed by atoms with van der Waals surface area (Å²) in [6, 6.07) is 24.9. The maximum atomic E-state index is 5.30. The third-order valence-corrected chi connectivity index (χ3v) is 6.44. The molecule has 3 nitrogen and oxygen atoms in total. The zero-order chi connectivity index (χ0) is 17.6. The van der Waals surface area contributed by atoms with Gasteiger partial charge in [0.05, 0.1) is 21.3 Å². The van der Waals surface area contributed by atoms with Gasteiger partial charge in [-0.3, -0.25) is 0 Å². The number of ether oxygens (including phenoxy) is 3. The van der Waals surface area contributed by atoms with Crippen LogP contribution in [0.5, 0.6) is 17.2 Å². The summed E-state index contributed by atoms with van der Waals surface area (Å²) in [5.74, 6) is 2.59. The third kappa shape index (κ3) is 4.69. The third-order valence-electron chi connectivity index (χ3n) is 3.99. The van der Waals surface area contributed by atoms with Crippen LogP contribution in [0.1, 0.15) is 0 Å². The molecule has 26 heavy (non-hydrogen) atoms. The molecule has 0 atom stereocenters. The molecule has 0 spiro atoms. The first kappa shape index (κ1) is 20.5. The smallest absolute Gasteiger partial charge is 0.497 e. The van der Waals surface area contributed by atoms with Crippen LogP contribution in [-0.2, 0) is 22.4 Å². The molecule has 0 bridgehead atoms. The van der Waals surface area contributed by atoms with Crippen LogP contribution in [0.25, 0.3) is 0 Å². The topological polar surface area (TPSA) is 27.7 Å². The summed E-state index contributed by atoms with van der Waals surface area (Å²) in [6.07, 6.45) is 0. The van der Waals surface area contributed by atoms with Crippen molar-refractivity contribution >= 4 is 23.8 Å². The average Bonchev–Trinajstić information content (AvgIpc) is 2.70. The largest absolute Gasteiger partial charge is 1.00 e. The van der Waals surface area contributed by atoms with Crippen LogP contribution in [0.3, 0.4) is 0 Å². The second-order valence-corrected chi connectivity index (χ2v) is 7.65. The summed E-state index contributed by atoms with van der Waals surface area (Å²) in [6.45, 7) is 0. The minimum Gasteiger partial charge on any atom is -0.497 e. The summed E-state index contributed by atoms with van der Waals surface area (Å²) in [5.41, 5.74) is 0. The number of methoxy groups -OCH3 is 3. The Balaban J connectivity index is 0.00000243. The molecule has 0 N–H and O–H groups in total. The van der Waals surface area contributed by atoms with E-state index in [1.165, 1.54) is 15.9 Å². The Bertz CT molecular complexity index is 689. The number of hydrogen-bond donors (Lipinski definition) is 0. The van der Waals surface area contributed by atoms with Crippen molar-refractivity contribution in [2.24, 2.45) is 0 Å². The van der Waals surface area contributed by atoms with Gasteiger partial charge in [-0.25, -0.2) is 0 Å². The Kier molecular flexibility index (Phi) is 7.74. The molecule has 5 heteroatoms. The maximum Gasteiger partial charge on any atom is 1.00 e. The molecular weight excluding hydrogens is 528 g/mol. The first-order chi connectivity index (χ1) is 12.2. The normalized spacial score (nSPS) is 10.2. The SMILES string of the molecule is COc1ccc(P(c2ccc(OC)cc2)c2ccc(OC)cc2)cc1.[Au+]. The summed E-state index contributed by atoms with van der Waals surface area (Å²) >= 11 is 0. The van der Waals surface area contributed by atoms with Crippen LogP contribution in [0.4, 0.5) is 0 Å². The van der Waals surface area contributed by atoms with Gasteiger partial charge in [0.15, 0.2) is 0 Å². The van der Waals surface area contributed by atoms with Gasteiger partial charge in [-0.2, -0.15) is 0 Å². The fourth-order valence-electron chi connectivity index (χ4n) is 2.64. The van der Waals surface area contributed by atoms with E-state index in [4.69, 9.17) is 14.2 Å². The summed E-state index contributed by atoms with van der Waals surface area (Å²) < 4.78 is 15.9. The molecule has 0 radical (unpaired) electrons. The van der Waals surface area contributed by atoms with Crippen LogP contribution < -0.4 is 30.1 Å². The Hall–Kier alpha value is -1.77. The van der Waals surface area contributed by atoms with Gasteiger partial charge < -0.3 is 14.2 Å². The standard InChI is InChI=1S/C21H21O3P.Au/c1-22-16-4-10-19(11-5-16)25(20-12-6-17(23-2)7-13-20)21-14-8-18(24-3)9-15-21;/h4-15H,1-3H3;/q;+1. The van der Waals surface area contributed by atoms with Crippen LogP contribution in [0, 0.1) is 0 Å². The molecule has 0 aliphatic carbocycles. The van der Waals surface area contributed by atoms with Gasteiger partial charge in [0.2, 0.25) is 0 Å². The first-order valence-electron chi connectivity index (χ1n) is 7.97.